The fraction of sp³-hybridized carbons (Fsp3) is 0.400. The van der Waals surface area contributed by atoms with Crippen molar-refractivity contribution in [1.82, 2.24) is 4.98 Å². The molecule has 0 fully saturated rings. The first-order valence-corrected chi connectivity index (χ1v) is 4.56. The summed E-state index contributed by atoms with van der Waals surface area (Å²) in [7, 11) is 0. The van der Waals surface area contributed by atoms with Crippen molar-refractivity contribution >= 4 is 5.84 Å². The summed E-state index contributed by atoms with van der Waals surface area (Å²) in [6.45, 7) is 5.70. The molecule has 0 atom stereocenters. The molecule has 1 rings (SSSR count). The third-order valence-electron chi connectivity index (χ3n) is 1.56. The van der Waals surface area contributed by atoms with Crippen molar-refractivity contribution in [3.05, 3.63) is 23.9 Å². The summed E-state index contributed by atoms with van der Waals surface area (Å²) >= 11 is 0. The van der Waals surface area contributed by atoms with Crippen LogP contribution >= 0.6 is 0 Å². The molecule has 0 aromatic carbocycles. The standard InChI is InChI=1S/C10H15N3O2/c1-10(2,3)15-9-7(8(11)13-14)5-4-6-12-9/h4-6,14H,1-3H3,(H2,11,13). The highest BCUT2D eigenvalue weighted by Crippen LogP contribution is 2.19. The lowest BCUT2D eigenvalue weighted by Crippen LogP contribution is -2.26. The quantitative estimate of drug-likeness (QED) is 0.333. The summed E-state index contributed by atoms with van der Waals surface area (Å²) in [5.41, 5.74) is 5.60. The number of oxime groups is 1. The monoisotopic (exact) mass is 209 g/mol. The molecule has 0 aliphatic rings. The van der Waals surface area contributed by atoms with Crippen molar-refractivity contribution < 1.29 is 9.94 Å². The molecule has 0 saturated carbocycles. The Morgan fingerprint density at radius 2 is 2.20 bits per heavy atom. The van der Waals surface area contributed by atoms with E-state index in [1.54, 1.807) is 18.3 Å². The number of pyridine rings is 1. The first-order valence-electron chi connectivity index (χ1n) is 4.56. The second-order valence-corrected chi connectivity index (χ2v) is 4.06. The lowest BCUT2D eigenvalue weighted by molar-refractivity contribution is 0.123. The van der Waals surface area contributed by atoms with Crippen LogP contribution in [0.3, 0.4) is 0 Å². The minimum absolute atomic E-state index is 0.0117. The molecular formula is C10H15N3O2. The molecule has 0 spiro atoms. The Morgan fingerprint density at radius 3 is 2.73 bits per heavy atom. The first-order chi connectivity index (χ1) is 6.94. The second-order valence-electron chi connectivity index (χ2n) is 4.06. The topological polar surface area (TPSA) is 80.7 Å². The van der Waals surface area contributed by atoms with Gasteiger partial charge in [-0.15, -0.1) is 0 Å². The van der Waals surface area contributed by atoms with Crippen molar-refractivity contribution in [1.29, 1.82) is 0 Å². The maximum absolute atomic E-state index is 8.59. The normalized spacial score (nSPS) is 12.6. The van der Waals surface area contributed by atoms with Crippen molar-refractivity contribution in [3.63, 3.8) is 0 Å². The van der Waals surface area contributed by atoms with Gasteiger partial charge in [-0.25, -0.2) is 4.98 Å². The van der Waals surface area contributed by atoms with E-state index in [0.29, 0.717) is 11.4 Å². The highest BCUT2D eigenvalue weighted by atomic mass is 16.5. The van der Waals surface area contributed by atoms with Crippen LogP contribution in [0, 0.1) is 0 Å². The highest BCUT2D eigenvalue weighted by Gasteiger charge is 2.17. The predicted octanol–water partition coefficient (Wildman–Crippen LogP) is 1.35. The molecule has 0 saturated heterocycles. The summed E-state index contributed by atoms with van der Waals surface area (Å²) < 4.78 is 5.57. The molecule has 0 bridgehead atoms. The third-order valence-corrected chi connectivity index (χ3v) is 1.56. The lowest BCUT2D eigenvalue weighted by atomic mass is 10.2. The maximum atomic E-state index is 8.59. The third kappa shape index (κ3) is 3.12. The van der Waals surface area contributed by atoms with Crippen LogP contribution in [-0.4, -0.2) is 21.6 Å². The molecule has 1 aromatic rings. The number of nitrogens with zero attached hydrogens (tertiary/aromatic N) is 2. The molecule has 0 unspecified atom stereocenters. The minimum Gasteiger partial charge on any atom is -0.471 e. The molecule has 0 aliphatic heterocycles. The molecule has 0 amide bonds. The van der Waals surface area contributed by atoms with Gasteiger partial charge in [-0.3, -0.25) is 0 Å². The van der Waals surface area contributed by atoms with E-state index in [-0.39, 0.29) is 11.4 Å². The van der Waals surface area contributed by atoms with Gasteiger partial charge in [0.15, 0.2) is 5.84 Å². The molecule has 0 radical (unpaired) electrons. The SMILES string of the molecule is CC(C)(C)Oc1ncccc1/C(N)=N/O. The largest absolute Gasteiger partial charge is 0.471 e. The Hall–Kier alpha value is -1.78. The number of ether oxygens (including phenoxy) is 1. The number of amidine groups is 1. The number of aromatic nitrogens is 1. The summed E-state index contributed by atoms with van der Waals surface area (Å²) in [5.74, 6) is 0.350. The second kappa shape index (κ2) is 4.16. The molecule has 0 aliphatic carbocycles. The smallest absolute Gasteiger partial charge is 0.225 e. The number of nitrogens with two attached hydrogens (primary N) is 1. The van der Waals surface area contributed by atoms with Gasteiger partial charge in [0.2, 0.25) is 5.88 Å². The maximum Gasteiger partial charge on any atom is 0.225 e. The summed E-state index contributed by atoms with van der Waals surface area (Å²) in [6, 6.07) is 3.38. The van der Waals surface area contributed by atoms with Crippen molar-refractivity contribution in [3.8, 4) is 5.88 Å². The van der Waals surface area contributed by atoms with Crippen LogP contribution in [0.1, 0.15) is 26.3 Å². The summed E-state index contributed by atoms with van der Waals surface area (Å²) in [5, 5.41) is 11.5. The molecule has 5 nitrogen and oxygen atoms in total. The Morgan fingerprint density at radius 1 is 1.53 bits per heavy atom. The zero-order chi connectivity index (χ0) is 11.5. The van der Waals surface area contributed by atoms with E-state index in [2.05, 4.69) is 10.1 Å². The van der Waals surface area contributed by atoms with Crippen LogP contribution in [-0.2, 0) is 0 Å². The molecule has 3 N–H and O–H groups in total. The van der Waals surface area contributed by atoms with Crippen LogP contribution in [0.25, 0.3) is 0 Å². The van der Waals surface area contributed by atoms with Crippen LogP contribution in [0.15, 0.2) is 23.5 Å². The Labute approximate surface area is 88.6 Å². The molecule has 1 aromatic heterocycles. The van der Waals surface area contributed by atoms with Crippen LogP contribution in [0.2, 0.25) is 0 Å². The van der Waals surface area contributed by atoms with Crippen LogP contribution in [0.4, 0.5) is 0 Å². The van der Waals surface area contributed by atoms with Gasteiger partial charge in [0.25, 0.3) is 0 Å². The van der Waals surface area contributed by atoms with Gasteiger partial charge >= 0.3 is 0 Å². The van der Waals surface area contributed by atoms with E-state index < -0.39 is 0 Å². The van der Waals surface area contributed by atoms with Gasteiger partial charge in [0.1, 0.15) is 5.60 Å². The van der Waals surface area contributed by atoms with E-state index >= 15 is 0 Å². The van der Waals surface area contributed by atoms with E-state index in [1.165, 1.54) is 0 Å². The van der Waals surface area contributed by atoms with Gasteiger partial charge in [-0.05, 0) is 32.9 Å². The van der Waals surface area contributed by atoms with Gasteiger partial charge in [0.05, 0.1) is 5.56 Å². The fourth-order valence-electron chi connectivity index (χ4n) is 1.01. The van der Waals surface area contributed by atoms with Crippen molar-refractivity contribution in [2.45, 2.75) is 26.4 Å². The van der Waals surface area contributed by atoms with Crippen molar-refractivity contribution in [2.24, 2.45) is 10.9 Å². The van der Waals surface area contributed by atoms with Gasteiger partial charge in [0, 0.05) is 6.20 Å². The minimum atomic E-state index is -0.376. The van der Waals surface area contributed by atoms with E-state index in [0.717, 1.165) is 0 Å². The molecular weight excluding hydrogens is 194 g/mol. The molecule has 1 heterocycles. The Balaban J connectivity index is 3.07. The lowest BCUT2D eigenvalue weighted by Gasteiger charge is -2.21. The Bertz CT molecular complexity index is 369. The molecule has 82 valence electrons. The molecule has 5 heteroatoms. The van der Waals surface area contributed by atoms with Gasteiger partial charge in [-0.1, -0.05) is 5.16 Å². The van der Waals surface area contributed by atoms with Crippen LogP contribution < -0.4 is 10.5 Å². The average Bonchev–Trinajstić information content (AvgIpc) is 2.15. The summed E-state index contributed by atoms with van der Waals surface area (Å²) in [6.07, 6.45) is 1.59. The van der Waals surface area contributed by atoms with Gasteiger partial charge in [-0.2, -0.15) is 0 Å². The zero-order valence-electron chi connectivity index (χ0n) is 9.06. The van der Waals surface area contributed by atoms with Crippen molar-refractivity contribution in [2.75, 3.05) is 0 Å². The number of hydrogen-bond acceptors (Lipinski definition) is 4. The van der Waals surface area contributed by atoms with E-state index in [9.17, 15) is 0 Å². The number of hydrogen-bond donors (Lipinski definition) is 2. The average molecular weight is 209 g/mol. The van der Waals surface area contributed by atoms with E-state index in [4.69, 9.17) is 15.7 Å². The zero-order valence-corrected chi connectivity index (χ0v) is 9.06. The number of rotatable bonds is 2. The molecule has 15 heavy (non-hydrogen) atoms. The van der Waals surface area contributed by atoms with Gasteiger partial charge < -0.3 is 15.7 Å². The fourth-order valence-corrected chi connectivity index (χ4v) is 1.01. The first kappa shape index (κ1) is 11.3. The van der Waals surface area contributed by atoms with Crippen LogP contribution in [0.5, 0.6) is 5.88 Å². The summed E-state index contributed by atoms with van der Waals surface area (Å²) in [4.78, 5) is 4.04. The Kier molecular flexibility index (Phi) is 3.14. The van der Waals surface area contributed by atoms with E-state index in [1.807, 2.05) is 20.8 Å². The predicted molar refractivity (Wildman–Crippen MR) is 57.1 cm³/mol. The highest BCUT2D eigenvalue weighted by molar-refractivity contribution is 5.98.